The largest absolute Gasteiger partial charge is 0.497 e. The van der Waals surface area contributed by atoms with Crippen molar-refractivity contribution in [3.8, 4) is 5.75 Å². The molecule has 1 aromatic carbocycles. The third-order valence-electron chi connectivity index (χ3n) is 3.97. The maximum absolute atomic E-state index is 12.5. The summed E-state index contributed by atoms with van der Waals surface area (Å²) in [6.07, 6.45) is 1.92. The lowest BCUT2D eigenvalue weighted by Gasteiger charge is -2.29. The second kappa shape index (κ2) is 11.5. The van der Waals surface area contributed by atoms with Gasteiger partial charge in [-0.05, 0) is 37.5 Å². The highest BCUT2D eigenvalue weighted by atomic mass is 16.5. The van der Waals surface area contributed by atoms with Crippen molar-refractivity contribution in [3.63, 3.8) is 0 Å². The molecule has 0 aliphatic heterocycles. The fourth-order valence-corrected chi connectivity index (χ4v) is 2.44. The number of benzene rings is 1. The van der Waals surface area contributed by atoms with Gasteiger partial charge in [0.2, 0.25) is 11.8 Å². The van der Waals surface area contributed by atoms with Crippen LogP contribution in [0.5, 0.6) is 5.75 Å². The summed E-state index contributed by atoms with van der Waals surface area (Å²) in [7, 11) is 3.24. The van der Waals surface area contributed by atoms with E-state index < -0.39 is 6.04 Å². The summed E-state index contributed by atoms with van der Waals surface area (Å²) in [5.74, 6) is 0.603. The molecule has 0 saturated heterocycles. The van der Waals surface area contributed by atoms with Crippen LogP contribution in [0.3, 0.4) is 0 Å². The lowest BCUT2D eigenvalue weighted by Crippen LogP contribution is -2.47. The van der Waals surface area contributed by atoms with Gasteiger partial charge >= 0.3 is 0 Å². The Hall–Kier alpha value is -2.08. The molecule has 6 nitrogen and oxygen atoms in total. The fourth-order valence-electron chi connectivity index (χ4n) is 2.44. The van der Waals surface area contributed by atoms with Gasteiger partial charge in [0.25, 0.3) is 0 Å². The number of carbonyl (C=O) groups is 2. The van der Waals surface area contributed by atoms with Crippen LogP contribution in [0.1, 0.15) is 38.7 Å². The zero-order valence-corrected chi connectivity index (χ0v) is 15.7. The zero-order valence-electron chi connectivity index (χ0n) is 15.7. The van der Waals surface area contributed by atoms with Gasteiger partial charge in [0.15, 0.2) is 0 Å². The minimum absolute atomic E-state index is 0.0159. The highest BCUT2D eigenvalue weighted by Crippen LogP contribution is 2.15. The van der Waals surface area contributed by atoms with Crippen molar-refractivity contribution >= 4 is 11.8 Å². The van der Waals surface area contributed by atoms with Crippen LogP contribution >= 0.6 is 0 Å². The third-order valence-corrected chi connectivity index (χ3v) is 3.97. The van der Waals surface area contributed by atoms with E-state index in [-0.39, 0.29) is 11.8 Å². The van der Waals surface area contributed by atoms with Crippen molar-refractivity contribution in [3.05, 3.63) is 29.8 Å². The molecular weight excluding hydrogens is 320 g/mol. The van der Waals surface area contributed by atoms with Crippen LogP contribution < -0.4 is 10.1 Å². The van der Waals surface area contributed by atoms with Gasteiger partial charge in [-0.15, -0.1) is 0 Å². The molecule has 6 heteroatoms. The number of ether oxygens (including phenoxy) is 2. The molecular formula is C19H30N2O4. The van der Waals surface area contributed by atoms with E-state index in [9.17, 15) is 9.59 Å². The van der Waals surface area contributed by atoms with Crippen LogP contribution in [-0.4, -0.2) is 50.1 Å². The average molecular weight is 350 g/mol. The summed E-state index contributed by atoms with van der Waals surface area (Å²) < 4.78 is 10.1. The molecule has 0 radical (unpaired) electrons. The number of methoxy groups -OCH3 is 2. The quantitative estimate of drug-likeness (QED) is 0.622. The first kappa shape index (κ1) is 21.0. The molecule has 1 atom stereocenters. The predicted octanol–water partition coefficient (Wildman–Crippen LogP) is 2.37. The van der Waals surface area contributed by atoms with E-state index >= 15 is 0 Å². The average Bonchev–Trinajstić information content (AvgIpc) is 2.63. The summed E-state index contributed by atoms with van der Waals surface area (Å²) in [4.78, 5) is 26.5. The molecule has 0 saturated carbocycles. The highest BCUT2D eigenvalue weighted by Gasteiger charge is 2.25. The molecule has 1 aromatic rings. The molecule has 2 amide bonds. The molecule has 0 heterocycles. The van der Waals surface area contributed by atoms with Gasteiger partial charge < -0.3 is 19.7 Å². The Labute approximate surface area is 150 Å². The SMILES string of the molecule is CCCC(=O)N(Cc1ccc(OC)cc1)[C@H](C)C(=O)NCCCOC. The van der Waals surface area contributed by atoms with E-state index in [2.05, 4.69) is 5.32 Å². The number of rotatable bonds is 11. The van der Waals surface area contributed by atoms with E-state index in [1.807, 2.05) is 31.2 Å². The number of carbonyl (C=O) groups excluding carboxylic acids is 2. The lowest BCUT2D eigenvalue weighted by molar-refractivity contribution is -0.140. The van der Waals surface area contributed by atoms with Gasteiger partial charge in [-0.25, -0.2) is 0 Å². The topological polar surface area (TPSA) is 67.9 Å². The van der Waals surface area contributed by atoms with Gasteiger partial charge in [0.1, 0.15) is 11.8 Å². The molecule has 1 rings (SSSR count). The molecule has 0 spiro atoms. The van der Waals surface area contributed by atoms with Crippen molar-refractivity contribution in [2.24, 2.45) is 0 Å². The normalized spacial score (nSPS) is 11.7. The maximum atomic E-state index is 12.5. The summed E-state index contributed by atoms with van der Waals surface area (Å²) >= 11 is 0. The smallest absolute Gasteiger partial charge is 0.242 e. The van der Waals surface area contributed by atoms with Gasteiger partial charge in [-0.1, -0.05) is 19.1 Å². The van der Waals surface area contributed by atoms with Crippen LogP contribution in [0, 0.1) is 0 Å². The van der Waals surface area contributed by atoms with E-state index in [0.29, 0.717) is 26.1 Å². The minimum Gasteiger partial charge on any atom is -0.497 e. The van der Waals surface area contributed by atoms with E-state index in [1.165, 1.54) is 0 Å². The van der Waals surface area contributed by atoms with E-state index in [1.54, 1.807) is 26.0 Å². The molecule has 0 unspecified atom stereocenters. The monoisotopic (exact) mass is 350 g/mol. The Morgan fingerprint density at radius 1 is 1.20 bits per heavy atom. The Kier molecular flexibility index (Phi) is 9.62. The van der Waals surface area contributed by atoms with Crippen LogP contribution in [0.15, 0.2) is 24.3 Å². The number of nitrogens with one attached hydrogen (secondary N) is 1. The Bertz CT molecular complexity index is 531. The van der Waals surface area contributed by atoms with Gasteiger partial charge in [0.05, 0.1) is 7.11 Å². The summed E-state index contributed by atoms with van der Waals surface area (Å²) in [6.45, 7) is 5.26. The van der Waals surface area contributed by atoms with Crippen molar-refractivity contribution in [1.29, 1.82) is 0 Å². The first-order valence-corrected chi connectivity index (χ1v) is 8.72. The van der Waals surface area contributed by atoms with Crippen LogP contribution in [0.4, 0.5) is 0 Å². The lowest BCUT2D eigenvalue weighted by atomic mass is 10.1. The minimum atomic E-state index is -0.524. The van der Waals surface area contributed by atoms with Crippen LogP contribution in [0.25, 0.3) is 0 Å². The first-order valence-electron chi connectivity index (χ1n) is 8.72. The summed E-state index contributed by atoms with van der Waals surface area (Å²) in [6, 6.07) is 7.01. The molecule has 1 N–H and O–H groups in total. The van der Waals surface area contributed by atoms with Crippen molar-refractivity contribution in [2.75, 3.05) is 27.4 Å². The molecule has 25 heavy (non-hydrogen) atoms. The maximum Gasteiger partial charge on any atom is 0.242 e. The molecule has 140 valence electrons. The first-order chi connectivity index (χ1) is 12.0. The second-order valence-electron chi connectivity index (χ2n) is 5.93. The summed E-state index contributed by atoms with van der Waals surface area (Å²) in [5.41, 5.74) is 0.962. The van der Waals surface area contributed by atoms with Crippen molar-refractivity contribution in [2.45, 2.75) is 45.7 Å². The molecule has 0 fully saturated rings. The third kappa shape index (κ3) is 7.13. The van der Waals surface area contributed by atoms with Crippen LogP contribution in [-0.2, 0) is 20.9 Å². The fraction of sp³-hybridized carbons (Fsp3) is 0.579. The predicted molar refractivity (Wildman–Crippen MR) is 97.4 cm³/mol. The Balaban J connectivity index is 2.76. The molecule has 0 bridgehead atoms. The highest BCUT2D eigenvalue weighted by molar-refractivity contribution is 5.87. The second-order valence-corrected chi connectivity index (χ2v) is 5.93. The number of hydrogen-bond donors (Lipinski definition) is 1. The number of nitrogens with zero attached hydrogens (tertiary/aromatic N) is 1. The Morgan fingerprint density at radius 3 is 2.44 bits per heavy atom. The molecule has 0 aliphatic rings. The van der Waals surface area contributed by atoms with Crippen molar-refractivity contribution < 1.29 is 19.1 Å². The summed E-state index contributed by atoms with van der Waals surface area (Å²) in [5, 5.41) is 2.87. The van der Waals surface area contributed by atoms with Gasteiger partial charge in [-0.3, -0.25) is 9.59 Å². The van der Waals surface area contributed by atoms with E-state index in [0.717, 1.165) is 24.2 Å². The van der Waals surface area contributed by atoms with Gasteiger partial charge in [-0.2, -0.15) is 0 Å². The molecule has 0 aliphatic carbocycles. The zero-order chi connectivity index (χ0) is 18.7. The van der Waals surface area contributed by atoms with E-state index in [4.69, 9.17) is 9.47 Å². The van der Waals surface area contributed by atoms with Crippen molar-refractivity contribution in [1.82, 2.24) is 10.2 Å². The number of amides is 2. The molecule has 0 aromatic heterocycles. The van der Waals surface area contributed by atoms with Gasteiger partial charge in [0, 0.05) is 33.2 Å². The van der Waals surface area contributed by atoms with Crippen LogP contribution in [0.2, 0.25) is 0 Å². The standard InChI is InChI=1S/C19H30N2O4/c1-5-7-18(22)21(14-16-8-10-17(25-4)11-9-16)15(2)19(23)20-12-6-13-24-3/h8-11,15H,5-7,12-14H2,1-4H3,(H,20,23)/t15-/m1/s1. The number of hydrogen-bond acceptors (Lipinski definition) is 4. The Morgan fingerprint density at radius 2 is 1.88 bits per heavy atom.